The smallest absolute Gasteiger partial charge is 0.261 e. The molecule has 0 saturated heterocycles. The Morgan fingerprint density at radius 1 is 0.808 bits per heavy atom. The number of hydrogen-bond donors (Lipinski definition) is 2. The van der Waals surface area contributed by atoms with Crippen LogP contribution in [0.1, 0.15) is 10.4 Å². The first-order valence-corrected chi connectivity index (χ1v) is 9.55. The highest BCUT2D eigenvalue weighted by Crippen LogP contribution is 2.19. The SMILES string of the molecule is O=C(Nc1cccc(Cl)c1)c1cccc(NS(=O)(=O)c2ccccc2)c1. The Labute approximate surface area is 156 Å². The molecule has 0 unspecified atom stereocenters. The van der Waals surface area contributed by atoms with Crippen LogP contribution in [-0.2, 0) is 10.0 Å². The number of rotatable bonds is 5. The average molecular weight is 387 g/mol. The van der Waals surface area contributed by atoms with Crippen molar-refractivity contribution in [3.63, 3.8) is 0 Å². The quantitative estimate of drug-likeness (QED) is 0.682. The number of hydrogen-bond acceptors (Lipinski definition) is 3. The second-order valence-corrected chi connectivity index (χ2v) is 7.58. The van der Waals surface area contributed by atoms with Crippen LogP contribution in [0, 0.1) is 0 Å². The van der Waals surface area contributed by atoms with Crippen LogP contribution in [0.3, 0.4) is 0 Å². The topological polar surface area (TPSA) is 75.3 Å². The zero-order valence-corrected chi connectivity index (χ0v) is 15.1. The Bertz CT molecular complexity index is 1040. The monoisotopic (exact) mass is 386 g/mol. The summed E-state index contributed by atoms with van der Waals surface area (Å²) in [6.45, 7) is 0. The van der Waals surface area contributed by atoms with E-state index in [1.807, 2.05) is 0 Å². The molecular weight excluding hydrogens is 372 g/mol. The van der Waals surface area contributed by atoms with Crippen LogP contribution in [-0.4, -0.2) is 14.3 Å². The highest BCUT2D eigenvalue weighted by Gasteiger charge is 2.14. The lowest BCUT2D eigenvalue weighted by molar-refractivity contribution is 0.102. The van der Waals surface area contributed by atoms with Crippen molar-refractivity contribution >= 4 is 38.9 Å². The number of halogens is 1. The highest BCUT2D eigenvalue weighted by atomic mass is 35.5. The van der Waals surface area contributed by atoms with E-state index in [1.54, 1.807) is 60.7 Å². The van der Waals surface area contributed by atoms with Gasteiger partial charge in [0.25, 0.3) is 15.9 Å². The van der Waals surface area contributed by atoms with Crippen LogP contribution in [0.2, 0.25) is 5.02 Å². The van der Waals surface area contributed by atoms with Gasteiger partial charge in [-0.3, -0.25) is 9.52 Å². The molecule has 5 nitrogen and oxygen atoms in total. The summed E-state index contributed by atoms with van der Waals surface area (Å²) in [5.74, 6) is -0.368. The lowest BCUT2D eigenvalue weighted by atomic mass is 10.2. The maximum atomic E-state index is 12.4. The molecular formula is C19H15ClN2O3S. The highest BCUT2D eigenvalue weighted by molar-refractivity contribution is 7.92. The molecule has 3 rings (SSSR count). The molecule has 0 atom stereocenters. The molecule has 0 aliphatic heterocycles. The first-order valence-electron chi connectivity index (χ1n) is 7.69. The van der Waals surface area contributed by atoms with Crippen molar-refractivity contribution in [1.29, 1.82) is 0 Å². The molecule has 3 aromatic carbocycles. The van der Waals surface area contributed by atoms with E-state index in [9.17, 15) is 13.2 Å². The predicted octanol–water partition coefficient (Wildman–Crippen LogP) is 4.39. The summed E-state index contributed by atoms with van der Waals surface area (Å²) in [6, 6.07) is 21.0. The van der Waals surface area contributed by atoms with Crippen molar-refractivity contribution in [2.24, 2.45) is 0 Å². The summed E-state index contributed by atoms with van der Waals surface area (Å²) in [7, 11) is -3.72. The van der Waals surface area contributed by atoms with Crippen molar-refractivity contribution in [2.45, 2.75) is 4.90 Å². The summed E-state index contributed by atoms with van der Waals surface area (Å²) in [4.78, 5) is 12.5. The summed E-state index contributed by atoms with van der Waals surface area (Å²) >= 11 is 5.90. The van der Waals surface area contributed by atoms with E-state index in [1.165, 1.54) is 18.2 Å². The molecule has 0 radical (unpaired) electrons. The normalized spacial score (nSPS) is 11.0. The Hall–Kier alpha value is -2.83. The zero-order valence-electron chi connectivity index (χ0n) is 13.5. The molecule has 132 valence electrons. The third kappa shape index (κ3) is 4.41. The van der Waals surface area contributed by atoms with Gasteiger partial charge in [0.15, 0.2) is 0 Å². The van der Waals surface area contributed by atoms with E-state index in [4.69, 9.17) is 11.6 Å². The van der Waals surface area contributed by atoms with E-state index in [0.29, 0.717) is 22.0 Å². The van der Waals surface area contributed by atoms with Crippen molar-refractivity contribution in [3.05, 3.63) is 89.4 Å². The Morgan fingerprint density at radius 2 is 1.50 bits per heavy atom. The van der Waals surface area contributed by atoms with Crippen LogP contribution < -0.4 is 10.0 Å². The van der Waals surface area contributed by atoms with Gasteiger partial charge in [-0.1, -0.05) is 41.9 Å². The molecule has 0 aromatic heterocycles. The van der Waals surface area contributed by atoms with E-state index >= 15 is 0 Å². The lowest BCUT2D eigenvalue weighted by Gasteiger charge is -2.10. The largest absolute Gasteiger partial charge is 0.322 e. The fourth-order valence-corrected chi connectivity index (χ4v) is 3.57. The second kappa shape index (κ2) is 7.59. The number of anilines is 2. The van der Waals surface area contributed by atoms with E-state index in [0.717, 1.165) is 0 Å². The summed E-state index contributed by atoms with van der Waals surface area (Å²) in [5, 5.41) is 3.23. The van der Waals surface area contributed by atoms with E-state index in [2.05, 4.69) is 10.0 Å². The molecule has 1 amide bonds. The predicted molar refractivity (Wildman–Crippen MR) is 103 cm³/mol. The molecule has 3 aromatic rings. The van der Waals surface area contributed by atoms with Crippen LogP contribution in [0.25, 0.3) is 0 Å². The molecule has 0 fully saturated rings. The average Bonchev–Trinajstić information content (AvgIpc) is 2.62. The Kier molecular flexibility index (Phi) is 5.25. The van der Waals surface area contributed by atoms with Crippen LogP contribution >= 0.6 is 11.6 Å². The maximum Gasteiger partial charge on any atom is 0.261 e. The van der Waals surface area contributed by atoms with Crippen LogP contribution in [0.4, 0.5) is 11.4 Å². The van der Waals surface area contributed by atoms with Gasteiger partial charge in [-0.2, -0.15) is 0 Å². The summed E-state index contributed by atoms with van der Waals surface area (Å²) in [6.07, 6.45) is 0. The van der Waals surface area contributed by atoms with Crippen molar-refractivity contribution in [1.82, 2.24) is 0 Å². The summed E-state index contributed by atoms with van der Waals surface area (Å²) in [5.41, 5.74) is 1.17. The Balaban J connectivity index is 1.79. The number of sulfonamides is 1. The molecule has 0 bridgehead atoms. The number of carbonyl (C=O) groups excluding carboxylic acids is 1. The minimum Gasteiger partial charge on any atom is -0.322 e. The third-order valence-corrected chi connectivity index (χ3v) is 5.15. The zero-order chi connectivity index (χ0) is 18.6. The first-order chi connectivity index (χ1) is 12.4. The van der Waals surface area contributed by atoms with E-state index < -0.39 is 10.0 Å². The van der Waals surface area contributed by atoms with E-state index in [-0.39, 0.29) is 10.8 Å². The molecule has 0 saturated carbocycles. The van der Waals surface area contributed by atoms with Crippen LogP contribution in [0.15, 0.2) is 83.8 Å². The third-order valence-electron chi connectivity index (χ3n) is 3.51. The van der Waals surface area contributed by atoms with Gasteiger partial charge in [0.1, 0.15) is 0 Å². The Morgan fingerprint density at radius 3 is 2.23 bits per heavy atom. The minimum absolute atomic E-state index is 0.147. The first kappa shape index (κ1) is 18.0. The number of carbonyl (C=O) groups is 1. The molecule has 7 heteroatoms. The van der Waals surface area contributed by atoms with Gasteiger partial charge in [0.05, 0.1) is 4.90 Å². The van der Waals surface area contributed by atoms with Gasteiger partial charge in [0, 0.05) is 22.0 Å². The minimum atomic E-state index is -3.72. The summed E-state index contributed by atoms with van der Waals surface area (Å²) < 4.78 is 27.2. The van der Waals surface area contributed by atoms with Crippen LogP contribution in [0.5, 0.6) is 0 Å². The van der Waals surface area contributed by atoms with Crippen molar-refractivity contribution in [2.75, 3.05) is 10.0 Å². The van der Waals surface area contributed by atoms with Gasteiger partial charge in [-0.05, 0) is 48.5 Å². The van der Waals surface area contributed by atoms with Gasteiger partial charge in [0.2, 0.25) is 0 Å². The molecule has 0 spiro atoms. The van der Waals surface area contributed by atoms with Crippen molar-refractivity contribution < 1.29 is 13.2 Å². The number of nitrogens with one attached hydrogen (secondary N) is 2. The maximum absolute atomic E-state index is 12.4. The molecule has 2 N–H and O–H groups in total. The number of benzene rings is 3. The lowest BCUT2D eigenvalue weighted by Crippen LogP contribution is -2.15. The van der Waals surface area contributed by atoms with Crippen molar-refractivity contribution in [3.8, 4) is 0 Å². The van der Waals surface area contributed by atoms with Gasteiger partial charge in [-0.25, -0.2) is 8.42 Å². The van der Waals surface area contributed by atoms with Gasteiger partial charge >= 0.3 is 0 Å². The van der Waals surface area contributed by atoms with Gasteiger partial charge in [-0.15, -0.1) is 0 Å². The number of amides is 1. The molecule has 0 aliphatic carbocycles. The fraction of sp³-hybridized carbons (Fsp3) is 0. The standard InChI is InChI=1S/C19H15ClN2O3S/c20-15-7-5-8-16(13-15)21-19(23)14-6-4-9-17(12-14)22-26(24,25)18-10-2-1-3-11-18/h1-13,22H,(H,21,23). The molecule has 26 heavy (non-hydrogen) atoms. The van der Waals surface area contributed by atoms with Gasteiger partial charge < -0.3 is 5.32 Å². The fourth-order valence-electron chi connectivity index (χ4n) is 2.31. The second-order valence-electron chi connectivity index (χ2n) is 5.46. The molecule has 0 aliphatic rings. The molecule has 0 heterocycles.